The first-order chi connectivity index (χ1) is 6.13. The van der Waals surface area contributed by atoms with Gasteiger partial charge >= 0.3 is 0 Å². The van der Waals surface area contributed by atoms with Crippen molar-refractivity contribution in [3.8, 4) is 0 Å². The maximum atomic E-state index is 10.5. The first kappa shape index (κ1) is 10.6. The van der Waals surface area contributed by atoms with Crippen molar-refractivity contribution in [3.63, 3.8) is 0 Å². The van der Waals surface area contributed by atoms with E-state index in [2.05, 4.69) is 13.8 Å². The molecule has 0 N–H and O–H groups in total. The molecule has 0 bridgehead atoms. The van der Waals surface area contributed by atoms with Crippen LogP contribution in [-0.4, -0.2) is 11.5 Å². The molecule has 3 heteroatoms. The van der Waals surface area contributed by atoms with Gasteiger partial charge in [-0.05, 0) is 18.2 Å². The number of benzene rings is 1. The smallest absolute Gasteiger partial charge is 0.151 e. The Morgan fingerprint density at radius 2 is 2.15 bits per heavy atom. The third kappa shape index (κ3) is 3.05. The zero-order valence-corrected chi connectivity index (χ0v) is 9.15. The fourth-order valence-electron chi connectivity index (χ4n) is 0.949. The minimum Gasteiger partial charge on any atom is -0.298 e. The molecule has 70 valence electrons. The maximum absolute atomic E-state index is 10.5. The van der Waals surface area contributed by atoms with Crippen LogP contribution in [0.4, 0.5) is 0 Å². The van der Waals surface area contributed by atoms with Gasteiger partial charge in [-0.1, -0.05) is 25.4 Å². The Morgan fingerprint density at radius 1 is 1.46 bits per heavy atom. The SMILES string of the molecule is CC(C)Sc1ccc(C=O)c(Cl)c1. The molecule has 0 radical (unpaired) electrons. The lowest BCUT2D eigenvalue weighted by atomic mass is 10.2. The minimum absolute atomic E-state index is 0.526. The van der Waals surface area contributed by atoms with Gasteiger partial charge in [-0.25, -0.2) is 0 Å². The van der Waals surface area contributed by atoms with E-state index >= 15 is 0 Å². The summed E-state index contributed by atoms with van der Waals surface area (Å²) < 4.78 is 0. The highest BCUT2D eigenvalue weighted by Crippen LogP contribution is 2.26. The van der Waals surface area contributed by atoms with Gasteiger partial charge in [-0.3, -0.25) is 4.79 Å². The number of aldehydes is 1. The van der Waals surface area contributed by atoms with Crippen LogP contribution in [0, 0.1) is 0 Å². The van der Waals surface area contributed by atoms with E-state index in [0.717, 1.165) is 11.2 Å². The van der Waals surface area contributed by atoms with Gasteiger partial charge in [-0.2, -0.15) is 0 Å². The van der Waals surface area contributed by atoms with E-state index in [9.17, 15) is 4.79 Å². The zero-order valence-electron chi connectivity index (χ0n) is 7.58. The van der Waals surface area contributed by atoms with Crippen molar-refractivity contribution < 1.29 is 4.79 Å². The van der Waals surface area contributed by atoms with Gasteiger partial charge < -0.3 is 0 Å². The van der Waals surface area contributed by atoms with Crippen LogP contribution in [0.25, 0.3) is 0 Å². The summed E-state index contributed by atoms with van der Waals surface area (Å²) in [5.74, 6) is 0. The summed E-state index contributed by atoms with van der Waals surface area (Å²) in [5, 5.41) is 1.05. The normalized spacial score (nSPS) is 10.5. The molecule has 0 fully saturated rings. The average molecular weight is 215 g/mol. The van der Waals surface area contributed by atoms with Gasteiger partial charge in [0.2, 0.25) is 0 Å². The van der Waals surface area contributed by atoms with E-state index in [1.165, 1.54) is 0 Å². The standard InChI is InChI=1S/C10H11ClOS/c1-7(2)13-9-4-3-8(6-12)10(11)5-9/h3-7H,1-2H3. The lowest BCUT2D eigenvalue weighted by Gasteiger charge is -2.05. The van der Waals surface area contributed by atoms with Crippen molar-refractivity contribution >= 4 is 29.6 Å². The second kappa shape index (κ2) is 4.68. The van der Waals surface area contributed by atoms with Crippen molar-refractivity contribution in [1.29, 1.82) is 0 Å². The third-order valence-corrected chi connectivity index (χ3v) is 2.80. The van der Waals surface area contributed by atoms with Crippen molar-refractivity contribution in [3.05, 3.63) is 28.8 Å². The molecule has 0 atom stereocenters. The van der Waals surface area contributed by atoms with Crippen LogP contribution in [-0.2, 0) is 0 Å². The van der Waals surface area contributed by atoms with E-state index in [4.69, 9.17) is 11.6 Å². The van der Waals surface area contributed by atoms with Gasteiger partial charge in [0.05, 0.1) is 5.02 Å². The number of carbonyl (C=O) groups is 1. The van der Waals surface area contributed by atoms with Crippen LogP contribution in [0.3, 0.4) is 0 Å². The average Bonchev–Trinajstić information content (AvgIpc) is 2.03. The number of carbonyl (C=O) groups excluding carboxylic acids is 1. The van der Waals surface area contributed by atoms with E-state index in [-0.39, 0.29) is 0 Å². The Kier molecular flexibility index (Phi) is 3.82. The van der Waals surface area contributed by atoms with Crippen LogP contribution >= 0.6 is 23.4 Å². The molecule has 0 spiro atoms. The highest BCUT2D eigenvalue weighted by atomic mass is 35.5. The molecule has 0 aliphatic heterocycles. The van der Waals surface area contributed by atoms with Gasteiger partial charge in [0.1, 0.15) is 0 Å². The number of hydrogen-bond donors (Lipinski definition) is 0. The van der Waals surface area contributed by atoms with Crippen molar-refractivity contribution in [2.45, 2.75) is 24.0 Å². The lowest BCUT2D eigenvalue weighted by Crippen LogP contribution is -1.87. The molecule has 0 saturated heterocycles. The highest BCUT2D eigenvalue weighted by molar-refractivity contribution is 7.99. The summed E-state index contributed by atoms with van der Waals surface area (Å²) in [5.41, 5.74) is 0.551. The molecule has 1 aromatic carbocycles. The summed E-state index contributed by atoms with van der Waals surface area (Å²) in [6, 6.07) is 5.50. The van der Waals surface area contributed by atoms with Gasteiger partial charge in [0.15, 0.2) is 6.29 Å². The largest absolute Gasteiger partial charge is 0.298 e. The van der Waals surface area contributed by atoms with Gasteiger partial charge in [0.25, 0.3) is 0 Å². The summed E-state index contributed by atoms with van der Waals surface area (Å²) >= 11 is 7.60. The minimum atomic E-state index is 0.526. The predicted molar refractivity (Wildman–Crippen MR) is 57.8 cm³/mol. The molecule has 1 nitrogen and oxygen atoms in total. The Labute approximate surface area is 87.5 Å². The molecule has 13 heavy (non-hydrogen) atoms. The van der Waals surface area contributed by atoms with Crippen LogP contribution in [0.2, 0.25) is 5.02 Å². The molecular weight excluding hydrogens is 204 g/mol. The second-order valence-corrected chi connectivity index (χ2v) is 5.02. The van der Waals surface area contributed by atoms with E-state index in [1.807, 2.05) is 12.1 Å². The highest BCUT2D eigenvalue weighted by Gasteiger charge is 2.02. The molecule has 0 aliphatic carbocycles. The Balaban J connectivity index is 2.89. The van der Waals surface area contributed by atoms with Crippen molar-refractivity contribution in [2.24, 2.45) is 0 Å². The van der Waals surface area contributed by atoms with E-state index in [1.54, 1.807) is 17.8 Å². The van der Waals surface area contributed by atoms with Gasteiger partial charge in [-0.15, -0.1) is 11.8 Å². The summed E-state index contributed by atoms with van der Waals surface area (Å²) in [7, 11) is 0. The van der Waals surface area contributed by atoms with Crippen molar-refractivity contribution in [2.75, 3.05) is 0 Å². The van der Waals surface area contributed by atoms with Crippen LogP contribution in [0.15, 0.2) is 23.1 Å². The third-order valence-electron chi connectivity index (χ3n) is 1.47. The summed E-state index contributed by atoms with van der Waals surface area (Å²) in [6.07, 6.45) is 0.770. The number of halogens is 1. The molecule has 0 heterocycles. The summed E-state index contributed by atoms with van der Waals surface area (Å²) in [6.45, 7) is 4.23. The van der Waals surface area contributed by atoms with E-state index in [0.29, 0.717) is 15.8 Å². The monoisotopic (exact) mass is 214 g/mol. The number of thioether (sulfide) groups is 1. The molecule has 0 unspecified atom stereocenters. The first-order valence-corrected chi connectivity index (χ1v) is 5.30. The van der Waals surface area contributed by atoms with E-state index < -0.39 is 0 Å². The molecule has 1 aromatic rings. The number of hydrogen-bond acceptors (Lipinski definition) is 2. The predicted octanol–water partition coefficient (Wildman–Crippen LogP) is 3.65. The number of rotatable bonds is 3. The zero-order chi connectivity index (χ0) is 9.84. The molecule has 0 saturated carbocycles. The molecule has 0 amide bonds. The molecule has 1 rings (SSSR count). The second-order valence-electron chi connectivity index (χ2n) is 2.97. The Morgan fingerprint density at radius 3 is 2.62 bits per heavy atom. The molecule has 0 aromatic heterocycles. The quantitative estimate of drug-likeness (QED) is 0.564. The van der Waals surface area contributed by atoms with Crippen LogP contribution < -0.4 is 0 Å². The molecule has 0 aliphatic rings. The van der Waals surface area contributed by atoms with Gasteiger partial charge in [0, 0.05) is 15.7 Å². The maximum Gasteiger partial charge on any atom is 0.151 e. The lowest BCUT2D eigenvalue weighted by molar-refractivity contribution is 0.112. The topological polar surface area (TPSA) is 17.1 Å². The fraction of sp³-hybridized carbons (Fsp3) is 0.300. The Hall–Kier alpha value is -0.470. The van der Waals surface area contributed by atoms with Crippen molar-refractivity contribution in [1.82, 2.24) is 0 Å². The summed E-state index contributed by atoms with van der Waals surface area (Å²) in [4.78, 5) is 11.6. The first-order valence-electron chi connectivity index (χ1n) is 4.05. The Bertz CT molecular complexity index is 310. The fourth-order valence-corrected chi connectivity index (χ4v) is 2.12. The molecular formula is C10H11ClOS. The van der Waals surface area contributed by atoms with Crippen LogP contribution in [0.1, 0.15) is 24.2 Å². The van der Waals surface area contributed by atoms with Crippen LogP contribution in [0.5, 0.6) is 0 Å².